The molecule has 0 radical (unpaired) electrons. The molecule has 4 rings (SSSR count). The van der Waals surface area contributed by atoms with Crippen LogP contribution in [-0.2, 0) is 6.54 Å². The Kier molecular flexibility index (Phi) is 5.20. The lowest BCUT2D eigenvalue weighted by Crippen LogP contribution is -2.44. The van der Waals surface area contributed by atoms with Gasteiger partial charge >= 0.3 is 6.03 Å². The predicted octanol–water partition coefficient (Wildman–Crippen LogP) is 4.80. The van der Waals surface area contributed by atoms with Crippen LogP contribution in [0.25, 0.3) is 0 Å². The third-order valence-corrected chi connectivity index (χ3v) is 5.00. The number of nitrogens with zero attached hydrogens (tertiary/aromatic N) is 2. The lowest BCUT2D eigenvalue weighted by Gasteiger charge is -2.37. The van der Waals surface area contributed by atoms with Crippen LogP contribution in [0.4, 0.5) is 19.3 Å². The summed E-state index contributed by atoms with van der Waals surface area (Å²) in [7, 11) is 0. The molecule has 150 valence electrons. The maximum absolute atomic E-state index is 14.0. The molecule has 0 fully saturated rings. The minimum Gasteiger partial charge on any atom is -0.494 e. The molecule has 0 bridgehead atoms. The van der Waals surface area contributed by atoms with Gasteiger partial charge in [0.15, 0.2) is 0 Å². The Morgan fingerprint density at radius 1 is 1.07 bits per heavy atom. The van der Waals surface area contributed by atoms with Gasteiger partial charge in [-0.3, -0.25) is 0 Å². The zero-order valence-corrected chi connectivity index (χ0v) is 15.9. The van der Waals surface area contributed by atoms with Crippen molar-refractivity contribution in [3.63, 3.8) is 0 Å². The molecule has 2 aromatic carbocycles. The summed E-state index contributed by atoms with van der Waals surface area (Å²) in [5.41, 5.74) is 1.38. The molecule has 7 heteroatoms. The minimum atomic E-state index is -0.809. The van der Waals surface area contributed by atoms with E-state index in [-0.39, 0.29) is 6.04 Å². The molecule has 29 heavy (non-hydrogen) atoms. The summed E-state index contributed by atoms with van der Waals surface area (Å²) in [5.74, 6) is -0.875. The molecular weight excluding hydrogens is 376 g/mol. The van der Waals surface area contributed by atoms with Crippen LogP contribution in [-0.4, -0.2) is 28.6 Å². The summed E-state index contributed by atoms with van der Waals surface area (Å²) in [5, 5.41) is 2.41. The Balaban J connectivity index is 1.67. The zero-order valence-electron chi connectivity index (χ0n) is 15.9. The Hall–Kier alpha value is -3.35. The number of carbonyl (C=O) groups is 1. The topological polar surface area (TPSA) is 46.5 Å². The van der Waals surface area contributed by atoms with Crippen LogP contribution in [0.2, 0.25) is 0 Å². The normalized spacial score (nSPS) is 15.7. The number of amides is 2. The number of para-hydroxylation sites is 1. The van der Waals surface area contributed by atoms with Gasteiger partial charge in [0.2, 0.25) is 0 Å². The number of carbonyl (C=O) groups excluding carboxylic acids is 1. The first-order valence-corrected chi connectivity index (χ1v) is 9.48. The summed E-state index contributed by atoms with van der Waals surface area (Å²) in [6, 6.07) is 13.9. The maximum atomic E-state index is 14.0. The number of fused-ring (bicyclic) bond motifs is 1. The van der Waals surface area contributed by atoms with Gasteiger partial charge in [-0.25, -0.2) is 13.6 Å². The molecule has 0 saturated carbocycles. The van der Waals surface area contributed by atoms with Gasteiger partial charge in [0.1, 0.15) is 23.1 Å². The number of halogens is 2. The van der Waals surface area contributed by atoms with Gasteiger partial charge in [0, 0.05) is 25.0 Å². The van der Waals surface area contributed by atoms with E-state index >= 15 is 0 Å². The molecule has 0 saturated heterocycles. The molecule has 5 nitrogen and oxygen atoms in total. The highest BCUT2D eigenvalue weighted by atomic mass is 19.1. The van der Waals surface area contributed by atoms with Gasteiger partial charge < -0.3 is 19.5 Å². The SMILES string of the molecule is CCOc1ccc(C2c3cccn3CCN2C(=O)Nc2c(F)cccc2F)cc1. The first-order chi connectivity index (χ1) is 14.1. The Morgan fingerprint density at radius 3 is 2.48 bits per heavy atom. The second-order valence-corrected chi connectivity index (χ2v) is 6.75. The fraction of sp³-hybridized carbons (Fsp3) is 0.227. The molecule has 1 N–H and O–H groups in total. The summed E-state index contributed by atoms with van der Waals surface area (Å²) in [6.07, 6.45) is 1.96. The lowest BCUT2D eigenvalue weighted by molar-refractivity contribution is 0.181. The maximum Gasteiger partial charge on any atom is 0.322 e. The van der Waals surface area contributed by atoms with Gasteiger partial charge in [-0.2, -0.15) is 0 Å². The van der Waals surface area contributed by atoms with Gasteiger partial charge in [-0.1, -0.05) is 18.2 Å². The first-order valence-electron chi connectivity index (χ1n) is 9.48. The average Bonchev–Trinajstić information content (AvgIpc) is 3.20. The molecule has 1 unspecified atom stereocenters. The van der Waals surface area contributed by atoms with Crippen molar-refractivity contribution in [1.82, 2.24) is 9.47 Å². The molecule has 1 aliphatic heterocycles. The number of ether oxygens (including phenoxy) is 1. The molecule has 1 atom stereocenters. The van der Waals surface area contributed by atoms with Crippen molar-refractivity contribution in [2.75, 3.05) is 18.5 Å². The number of hydrogen-bond acceptors (Lipinski definition) is 2. The highest BCUT2D eigenvalue weighted by Crippen LogP contribution is 2.34. The van der Waals surface area contributed by atoms with Crippen LogP contribution in [0.15, 0.2) is 60.8 Å². The Labute approximate surface area is 167 Å². The Morgan fingerprint density at radius 2 is 1.79 bits per heavy atom. The number of urea groups is 1. The fourth-order valence-electron chi connectivity index (χ4n) is 3.66. The molecule has 1 aromatic heterocycles. The molecule has 1 aliphatic rings. The minimum absolute atomic E-state index is 0.385. The van der Waals surface area contributed by atoms with E-state index in [9.17, 15) is 13.6 Å². The quantitative estimate of drug-likeness (QED) is 0.687. The van der Waals surface area contributed by atoms with Crippen molar-refractivity contribution in [3.05, 3.63) is 83.7 Å². The molecule has 2 amide bonds. The fourth-order valence-corrected chi connectivity index (χ4v) is 3.66. The largest absolute Gasteiger partial charge is 0.494 e. The first kappa shape index (κ1) is 19.0. The van der Waals surface area contributed by atoms with Crippen LogP contribution in [0.1, 0.15) is 24.2 Å². The van der Waals surface area contributed by atoms with Crippen molar-refractivity contribution in [2.45, 2.75) is 19.5 Å². The van der Waals surface area contributed by atoms with E-state index in [0.717, 1.165) is 29.1 Å². The van der Waals surface area contributed by atoms with Crippen LogP contribution < -0.4 is 10.1 Å². The second-order valence-electron chi connectivity index (χ2n) is 6.75. The predicted molar refractivity (Wildman–Crippen MR) is 106 cm³/mol. The number of benzene rings is 2. The van der Waals surface area contributed by atoms with E-state index in [1.807, 2.05) is 49.5 Å². The van der Waals surface area contributed by atoms with Gasteiger partial charge in [0.05, 0.1) is 12.6 Å². The summed E-state index contributed by atoms with van der Waals surface area (Å²) >= 11 is 0. The van der Waals surface area contributed by atoms with Gasteiger partial charge in [-0.15, -0.1) is 0 Å². The van der Waals surface area contributed by atoms with E-state index in [4.69, 9.17) is 4.74 Å². The Bertz CT molecular complexity index is 997. The number of rotatable bonds is 4. The third-order valence-electron chi connectivity index (χ3n) is 5.00. The molecule has 0 spiro atoms. The number of nitrogens with one attached hydrogen (secondary N) is 1. The highest BCUT2D eigenvalue weighted by molar-refractivity contribution is 5.90. The monoisotopic (exact) mass is 397 g/mol. The number of anilines is 1. The molecular formula is C22H21F2N3O2. The lowest BCUT2D eigenvalue weighted by atomic mass is 10.00. The van der Waals surface area contributed by atoms with E-state index in [2.05, 4.69) is 9.88 Å². The summed E-state index contributed by atoms with van der Waals surface area (Å²) < 4.78 is 35.6. The van der Waals surface area contributed by atoms with Gasteiger partial charge in [-0.05, 0) is 48.9 Å². The van der Waals surface area contributed by atoms with E-state index in [0.29, 0.717) is 19.7 Å². The van der Waals surface area contributed by atoms with Gasteiger partial charge in [0.25, 0.3) is 0 Å². The van der Waals surface area contributed by atoms with Crippen LogP contribution in [0.5, 0.6) is 5.75 Å². The van der Waals surface area contributed by atoms with Crippen LogP contribution in [0.3, 0.4) is 0 Å². The number of aromatic nitrogens is 1. The van der Waals surface area contributed by atoms with E-state index in [1.54, 1.807) is 4.90 Å². The summed E-state index contributed by atoms with van der Waals surface area (Å²) in [6.45, 7) is 3.48. The molecule has 2 heterocycles. The third kappa shape index (κ3) is 3.68. The van der Waals surface area contributed by atoms with Crippen LogP contribution in [0, 0.1) is 11.6 Å². The average molecular weight is 397 g/mol. The molecule has 3 aromatic rings. The van der Waals surface area contributed by atoms with Crippen molar-refractivity contribution < 1.29 is 18.3 Å². The number of hydrogen-bond donors (Lipinski definition) is 1. The molecule has 0 aliphatic carbocycles. The standard InChI is InChI=1S/C22H21F2N3O2/c1-2-29-16-10-8-15(9-11-16)21-19-7-4-12-26(19)13-14-27(21)22(28)25-20-17(23)5-3-6-18(20)24/h3-12,21H,2,13-14H2,1H3,(H,25,28). The van der Waals surface area contributed by atoms with Crippen molar-refractivity contribution in [3.8, 4) is 5.75 Å². The zero-order chi connectivity index (χ0) is 20.4. The smallest absolute Gasteiger partial charge is 0.322 e. The highest BCUT2D eigenvalue weighted by Gasteiger charge is 2.32. The van der Waals surface area contributed by atoms with E-state index in [1.165, 1.54) is 6.07 Å². The van der Waals surface area contributed by atoms with E-state index < -0.39 is 23.4 Å². The van der Waals surface area contributed by atoms with Crippen LogP contribution >= 0.6 is 0 Å². The van der Waals surface area contributed by atoms with Crippen molar-refractivity contribution >= 4 is 11.7 Å². The van der Waals surface area contributed by atoms with Crippen molar-refractivity contribution in [1.29, 1.82) is 0 Å². The van der Waals surface area contributed by atoms with Crippen molar-refractivity contribution in [2.24, 2.45) is 0 Å². The summed E-state index contributed by atoms with van der Waals surface area (Å²) in [4.78, 5) is 14.6. The second kappa shape index (κ2) is 7.95.